The molecule has 100 valence electrons. The zero-order chi connectivity index (χ0) is 13.8. The van der Waals surface area contributed by atoms with Gasteiger partial charge in [-0.25, -0.2) is 4.98 Å². The van der Waals surface area contributed by atoms with Gasteiger partial charge in [0.05, 0.1) is 12.4 Å². The molecule has 3 N–H and O–H groups in total. The second-order valence-electron chi connectivity index (χ2n) is 4.42. The summed E-state index contributed by atoms with van der Waals surface area (Å²) < 4.78 is 0. The number of aromatic nitrogens is 2. The SMILES string of the molecule is Cc1ccc(CC(C)NC(=O)c2cncc(N)n2)s1. The maximum atomic E-state index is 11.9. The monoisotopic (exact) mass is 276 g/mol. The van der Waals surface area contributed by atoms with E-state index in [-0.39, 0.29) is 23.5 Å². The summed E-state index contributed by atoms with van der Waals surface area (Å²) in [6.07, 6.45) is 3.63. The Morgan fingerprint density at radius 3 is 2.89 bits per heavy atom. The molecular formula is C13H16N4OS. The van der Waals surface area contributed by atoms with Crippen molar-refractivity contribution in [1.29, 1.82) is 0 Å². The lowest BCUT2D eigenvalue weighted by Gasteiger charge is -2.12. The number of rotatable bonds is 4. The van der Waals surface area contributed by atoms with E-state index in [1.165, 1.54) is 22.1 Å². The second-order valence-corrected chi connectivity index (χ2v) is 5.79. The highest BCUT2D eigenvalue weighted by Gasteiger charge is 2.12. The van der Waals surface area contributed by atoms with Crippen molar-refractivity contribution in [2.75, 3.05) is 5.73 Å². The third kappa shape index (κ3) is 3.75. The Morgan fingerprint density at radius 1 is 1.47 bits per heavy atom. The van der Waals surface area contributed by atoms with Crippen molar-refractivity contribution in [1.82, 2.24) is 15.3 Å². The van der Waals surface area contributed by atoms with E-state index in [1.54, 1.807) is 11.3 Å². The summed E-state index contributed by atoms with van der Waals surface area (Å²) in [5.74, 6) is -0.00485. The Hall–Kier alpha value is -1.95. The topological polar surface area (TPSA) is 80.9 Å². The number of aryl methyl sites for hydroxylation is 1. The zero-order valence-corrected chi connectivity index (χ0v) is 11.7. The third-order valence-corrected chi connectivity index (χ3v) is 3.59. The molecule has 2 rings (SSSR count). The summed E-state index contributed by atoms with van der Waals surface area (Å²) in [6, 6.07) is 4.20. The number of nitrogens with one attached hydrogen (secondary N) is 1. The highest BCUT2D eigenvalue weighted by atomic mass is 32.1. The number of nitrogens with zero attached hydrogens (tertiary/aromatic N) is 2. The number of carbonyl (C=O) groups is 1. The number of amides is 1. The van der Waals surface area contributed by atoms with Crippen molar-refractivity contribution in [3.05, 3.63) is 40.0 Å². The summed E-state index contributed by atoms with van der Waals surface area (Å²) in [6.45, 7) is 4.03. The molecule has 0 aromatic carbocycles. The van der Waals surface area contributed by atoms with Gasteiger partial charge in [0.15, 0.2) is 0 Å². The Morgan fingerprint density at radius 2 is 2.26 bits per heavy atom. The minimum Gasteiger partial charge on any atom is -0.382 e. The molecule has 0 saturated heterocycles. The summed E-state index contributed by atoms with van der Waals surface area (Å²) in [5.41, 5.74) is 5.75. The summed E-state index contributed by atoms with van der Waals surface area (Å²) >= 11 is 1.74. The Balaban J connectivity index is 1.95. The van der Waals surface area contributed by atoms with Gasteiger partial charge in [-0.1, -0.05) is 0 Å². The van der Waals surface area contributed by atoms with E-state index in [4.69, 9.17) is 5.73 Å². The fourth-order valence-corrected chi connectivity index (χ4v) is 2.75. The van der Waals surface area contributed by atoms with Crippen molar-refractivity contribution in [3.63, 3.8) is 0 Å². The number of hydrogen-bond donors (Lipinski definition) is 2. The molecular weight excluding hydrogens is 260 g/mol. The standard InChI is InChI=1S/C13H16N4OS/c1-8(5-10-4-3-9(2)19-10)16-13(18)11-6-15-7-12(14)17-11/h3-4,6-8H,5H2,1-2H3,(H2,14,17)(H,16,18). The fourth-order valence-electron chi connectivity index (χ4n) is 1.74. The molecule has 0 bridgehead atoms. The van der Waals surface area contributed by atoms with Crippen LogP contribution in [0.25, 0.3) is 0 Å². The van der Waals surface area contributed by atoms with Crippen molar-refractivity contribution in [3.8, 4) is 0 Å². The van der Waals surface area contributed by atoms with E-state index in [9.17, 15) is 4.79 Å². The molecule has 5 nitrogen and oxygen atoms in total. The number of anilines is 1. The molecule has 1 amide bonds. The molecule has 6 heteroatoms. The maximum Gasteiger partial charge on any atom is 0.271 e. The van der Waals surface area contributed by atoms with Crippen LogP contribution in [0.1, 0.15) is 27.2 Å². The largest absolute Gasteiger partial charge is 0.382 e. The van der Waals surface area contributed by atoms with E-state index in [0.717, 1.165) is 6.42 Å². The van der Waals surface area contributed by atoms with Gasteiger partial charge in [0.2, 0.25) is 0 Å². The van der Waals surface area contributed by atoms with Crippen LogP contribution in [0.15, 0.2) is 24.5 Å². The Bertz CT molecular complexity index is 582. The lowest BCUT2D eigenvalue weighted by Crippen LogP contribution is -2.34. The van der Waals surface area contributed by atoms with Crippen LogP contribution in [0.2, 0.25) is 0 Å². The summed E-state index contributed by atoms with van der Waals surface area (Å²) in [5, 5.41) is 2.89. The molecule has 0 spiro atoms. The molecule has 1 atom stereocenters. The first kappa shape index (κ1) is 13.5. The highest BCUT2D eigenvalue weighted by molar-refractivity contribution is 7.11. The van der Waals surface area contributed by atoms with Crippen LogP contribution in [-0.4, -0.2) is 21.9 Å². The molecule has 0 fully saturated rings. The number of thiophene rings is 1. The first-order valence-electron chi connectivity index (χ1n) is 5.98. The molecule has 19 heavy (non-hydrogen) atoms. The van der Waals surface area contributed by atoms with E-state index in [2.05, 4.69) is 34.3 Å². The average molecular weight is 276 g/mol. The van der Waals surface area contributed by atoms with Gasteiger partial charge in [-0.15, -0.1) is 11.3 Å². The van der Waals surface area contributed by atoms with Crippen LogP contribution in [0.3, 0.4) is 0 Å². The second kappa shape index (κ2) is 5.79. The number of carbonyl (C=O) groups excluding carboxylic acids is 1. The fraction of sp³-hybridized carbons (Fsp3) is 0.308. The first-order valence-corrected chi connectivity index (χ1v) is 6.80. The van der Waals surface area contributed by atoms with Crippen molar-refractivity contribution in [2.45, 2.75) is 26.3 Å². The van der Waals surface area contributed by atoms with Crippen molar-refractivity contribution in [2.24, 2.45) is 0 Å². The predicted octanol–water partition coefficient (Wildman–Crippen LogP) is 1.79. The molecule has 0 aliphatic carbocycles. The van der Waals surface area contributed by atoms with Crippen LogP contribution >= 0.6 is 11.3 Å². The predicted molar refractivity (Wildman–Crippen MR) is 76.1 cm³/mol. The molecule has 1 unspecified atom stereocenters. The summed E-state index contributed by atoms with van der Waals surface area (Å²) in [7, 11) is 0. The van der Waals surface area contributed by atoms with Gasteiger partial charge < -0.3 is 11.1 Å². The van der Waals surface area contributed by atoms with Crippen LogP contribution in [0.5, 0.6) is 0 Å². The van der Waals surface area contributed by atoms with E-state index in [1.807, 2.05) is 6.92 Å². The smallest absolute Gasteiger partial charge is 0.271 e. The van der Waals surface area contributed by atoms with Gasteiger partial charge in [-0.05, 0) is 26.0 Å². The molecule has 2 aromatic heterocycles. The van der Waals surface area contributed by atoms with Crippen molar-refractivity contribution < 1.29 is 4.79 Å². The van der Waals surface area contributed by atoms with E-state index in [0.29, 0.717) is 0 Å². The van der Waals surface area contributed by atoms with Crippen LogP contribution in [0.4, 0.5) is 5.82 Å². The number of hydrogen-bond acceptors (Lipinski definition) is 5. The first-order chi connectivity index (χ1) is 9.04. The number of nitrogens with two attached hydrogens (primary N) is 1. The van der Waals surface area contributed by atoms with E-state index >= 15 is 0 Å². The molecule has 2 heterocycles. The third-order valence-electron chi connectivity index (χ3n) is 2.57. The quantitative estimate of drug-likeness (QED) is 0.892. The van der Waals surface area contributed by atoms with Gasteiger partial charge in [0.1, 0.15) is 11.5 Å². The average Bonchev–Trinajstić information content (AvgIpc) is 2.74. The summed E-state index contributed by atoms with van der Waals surface area (Å²) in [4.78, 5) is 22.3. The Labute approximate surface area is 115 Å². The van der Waals surface area contributed by atoms with Gasteiger partial charge in [-0.2, -0.15) is 0 Å². The minimum absolute atomic E-state index is 0.0359. The van der Waals surface area contributed by atoms with Crippen LogP contribution in [0, 0.1) is 6.92 Å². The van der Waals surface area contributed by atoms with E-state index < -0.39 is 0 Å². The minimum atomic E-state index is -0.249. The van der Waals surface area contributed by atoms with Gasteiger partial charge >= 0.3 is 0 Å². The zero-order valence-electron chi connectivity index (χ0n) is 10.9. The van der Waals surface area contributed by atoms with Gasteiger partial charge in [0, 0.05) is 22.2 Å². The van der Waals surface area contributed by atoms with Crippen LogP contribution < -0.4 is 11.1 Å². The molecule has 0 saturated carbocycles. The molecule has 0 aliphatic rings. The normalized spacial score (nSPS) is 12.1. The highest BCUT2D eigenvalue weighted by Crippen LogP contribution is 2.16. The van der Waals surface area contributed by atoms with Gasteiger partial charge in [-0.3, -0.25) is 9.78 Å². The molecule has 2 aromatic rings. The van der Waals surface area contributed by atoms with Crippen molar-refractivity contribution >= 4 is 23.1 Å². The molecule has 0 aliphatic heterocycles. The lowest BCUT2D eigenvalue weighted by molar-refractivity contribution is 0.0935. The Kier molecular flexibility index (Phi) is 4.11. The van der Waals surface area contributed by atoms with Crippen LogP contribution in [-0.2, 0) is 6.42 Å². The van der Waals surface area contributed by atoms with Gasteiger partial charge in [0.25, 0.3) is 5.91 Å². The maximum absolute atomic E-state index is 11.9. The molecule has 0 radical (unpaired) electrons. The number of nitrogen functional groups attached to an aromatic ring is 1. The lowest BCUT2D eigenvalue weighted by atomic mass is 10.2.